The molecule has 0 N–H and O–H groups in total. The lowest BCUT2D eigenvalue weighted by Gasteiger charge is -2.39. The molecule has 1 aromatic rings. The van der Waals surface area contributed by atoms with Gasteiger partial charge in [0.05, 0.1) is 5.56 Å². The monoisotopic (exact) mass is 315 g/mol. The quantitative estimate of drug-likeness (QED) is 0.791. The van der Waals surface area contributed by atoms with E-state index in [1.165, 1.54) is 0 Å². The number of furan rings is 1. The van der Waals surface area contributed by atoms with E-state index in [9.17, 15) is 9.59 Å². The molecule has 0 radical (unpaired) electrons. The van der Waals surface area contributed by atoms with Crippen LogP contribution in [0.4, 0.5) is 0 Å². The fourth-order valence-corrected chi connectivity index (χ4v) is 5.34. The van der Waals surface area contributed by atoms with Gasteiger partial charge >= 0.3 is 0 Å². The SMILES string of the molecule is CC1(C)CC2CC(C)(CN2C(=O)c2cc3c(o2)CCCC3=O)C1. The molecule has 1 aromatic heterocycles. The Morgan fingerprint density at radius 2 is 2.04 bits per heavy atom. The number of hydrogen-bond acceptors (Lipinski definition) is 3. The summed E-state index contributed by atoms with van der Waals surface area (Å²) in [5.41, 5.74) is 1.13. The Morgan fingerprint density at radius 3 is 2.78 bits per heavy atom. The zero-order valence-corrected chi connectivity index (χ0v) is 14.3. The fourth-order valence-electron chi connectivity index (χ4n) is 5.34. The molecule has 2 aliphatic carbocycles. The molecule has 0 spiro atoms. The Morgan fingerprint density at radius 1 is 1.26 bits per heavy atom. The van der Waals surface area contributed by atoms with Gasteiger partial charge in [0.15, 0.2) is 11.5 Å². The second kappa shape index (κ2) is 4.71. The van der Waals surface area contributed by atoms with Crippen molar-refractivity contribution in [3.8, 4) is 0 Å². The predicted octanol–water partition coefficient (Wildman–Crippen LogP) is 3.84. The molecule has 4 heteroatoms. The first-order valence-corrected chi connectivity index (χ1v) is 8.73. The second-order valence-electron chi connectivity index (χ2n) is 8.87. The van der Waals surface area contributed by atoms with Gasteiger partial charge in [-0.15, -0.1) is 0 Å². The minimum Gasteiger partial charge on any atom is -0.455 e. The molecule has 1 saturated carbocycles. The van der Waals surface area contributed by atoms with E-state index in [4.69, 9.17) is 4.42 Å². The molecule has 23 heavy (non-hydrogen) atoms. The second-order valence-corrected chi connectivity index (χ2v) is 8.87. The maximum Gasteiger partial charge on any atom is 0.289 e. The summed E-state index contributed by atoms with van der Waals surface area (Å²) in [5, 5.41) is 0. The summed E-state index contributed by atoms with van der Waals surface area (Å²) in [6.07, 6.45) is 5.45. The number of carbonyl (C=O) groups excluding carboxylic acids is 2. The van der Waals surface area contributed by atoms with Crippen molar-refractivity contribution in [1.82, 2.24) is 4.90 Å². The van der Waals surface area contributed by atoms with Crippen LogP contribution in [0.1, 0.15) is 79.5 Å². The number of amides is 1. The van der Waals surface area contributed by atoms with Crippen molar-refractivity contribution in [2.75, 3.05) is 6.54 Å². The Hall–Kier alpha value is -1.58. The Bertz CT molecular complexity index is 687. The van der Waals surface area contributed by atoms with E-state index in [0.29, 0.717) is 29.5 Å². The number of ketones is 1. The summed E-state index contributed by atoms with van der Waals surface area (Å²) < 4.78 is 5.77. The molecule has 0 aromatic carbocycles. The highest BCUT2D eigenvalue weighted by Crippen LogP contribution is 2.52. The van der Waals surface area contributed by atoms with Crippen LogP contribution in [0.2, 0.25) is 0 Å². The largest absolute Gasteiger partial charge is 0.455 e. The first-order chi connectivity index (χ1) is 10.8. The molecular formula is C19H25NO3. The molecule has 4 rings (SSSR count). The van der Waals surface area contributed by atoms with E-state index < -0.39 is 0 Å². The Balaban J connectivity index is 1.62. The third kappa shape index (κ3) is 2.43. The van der Waals surface area contributed by atoms with Gasteiger partial charge in [-0.2, -0.15) is 0 Å². The van der Waals surface area contributed by atoms with Crippen molar-refractivity contribution in [2.45, 2.75) is 65.3 Å². The highest BCUT2D eigenvalue weighted by atomic mass is 16.4. The van der Waals surface area contributed by atoms with Crippen LogP contribution >= 0.6 is 0 Å². The van der Waals surface area contributed by atoms with Crippen LogP contribution in [0.15, 0.2) is 10.5 Å². The number of hydrogen-bond donors (Lipinski definition) is 0. The minimum atomic E-state index is -0.0291. The molecule has 2 atom stereocenters. The number of likely N-dealkylation sites (tertiary alicyclic amines) is 1. The van der Waals surface area contributed by atoms with Crippen molar-refractivity contribution in [1.29, 1.82) is 0 Å². The lowest BCUT2D eigenvalue weighted by Crippen LogP contribution is -2.37. The van der Waals surface area contributed by atoms with Crippen LogP contribution in [0.3, 0.4) is 0 Å². The van der Waals surface area contributed by atoms with E-state index in [2.05, 4.69) is 20.8 Å². The number of carbonyl (C=O) groups is 2. The number of Topliss-reactive ketones (excluding diaryl/α,β-unsaturated/α-hetero) is 1. The van der Waals surface area contributed by atoms with Crippen LogP contribution in [-0.2, 0) is 6.42 Å². The van der Waals surface area contributed by atoms with Gasteiger partial charge in [-0.3, -0.25) is 9.59 Å². The third-order valence-electron chi connectivity index (χ3n) is 5.80. The Kier molecular flexibility index (Phi) is 3.07. The maximum absolute atomic E-state index is 13.0. The molecule has 1 aliphatic heterocycles. The van der Waals surface area contributed by atoms with E-state index in [1.54, 1.807) is 6.07 Å². The van der Waals surface area contributed by atoms with Gasteiger partial charge in [0, 0.05) is 31.5 Å². The molecule has 1 saturated heterocycles. The van der Waals surface area contributed by atoms with Gasteiger partial charge in [0.2, 0.25) is 0 Å². The van der Waals surface area contributed by atoms with Crippen molar-refractivity contribution < 1.29 is 14.0 Å². The summed E-state index contributed by atoms with van der Waals surface area (Å²) >= 11 is 0. The van der Waals surface area contributed by atoms with Gasteiger partial charge in [0.1, 0.15) is 5.76 Å². The number of nitrogens with zero attached hydrogens (tertiary/aromatic N) is 1. The van der Waals surface area contributed by atoms with Crippen molar-refractivity contribution >= 4 is 11.7 Å². The summed E-state index contributed by atoms with van der Waals surface area (Å²) in [7, 11) is 0. The van der Waals surface area contributed by atoms with Crippen LogP contribution in [0.5, 0.6) is 0 Å². The zero-order valence-electron chi connectivity index (χ0n) is 14.3. The summed E-state index contributed by atoms with van der Waals surface area (Å²) in [6.45, 7) is 7.70. The van der Waals surface area contributed by atoms with Gasteiger partial charge < -0.3 is 9.32 Å². The molecule has 4 nitrogen and oxygen atoms in total. The zero-order chi connectivity index (χ0) is 16.4. The summed E-state index contributed by atoms with van der Waals surface area (Å²) in [6, 6.07) is 1.99. The van der Waals surface area contributed by atoms with Gasteiger partial charge in [0.25, 0.3) is 5.91 Å². The molecule has 2 heterocycles. The van der Waals surface area contributed by atoms with Crippen molar-refractivity contribution in [3.63, 3.8) is 0 Å². The summed E-state index contributed by atoms with van der Waals surface area (Å²) in [4.78, 5) is 27.0. The van der Waals surface area contributed by atoms with E-state index >= 15 is 0 Å². The van der Waals surface area contributed by atoms with E-state index in [1.807, 2.05) is 4.90 Å². The van der Waals surface area contributed by atoms with Crippen molar-refractivity contribution in [2.24, 2.45) is 10.8 Å². The van der Waals surface area contributed by atoms with Gasteiger partial charge in [-0.25, -0.2) is 0 Å². The normalized spacial score (nSPS) is 32.0. The fraction of sp³-hybridized carbons (Fsp3) is 0.684. The van der Waals surface area contributed by atoms with Crippen molar-refractivity contribution in [3.05, 3.63) is 23.2 Å². The maximum atomic E-state index is 13.0. The van der Waals surface area contributed by atoms with Gasteiger partial charge in [-0.05, 0) is 36.5 Å². The lowest BCUT2D eigenvalue weighted by molar-refractivity contribution is 0.0674. The first kappa shape index (κ1) is 15.0. The highest BCUT2D eigenvalue weighted by Gasteiger charge is 2.51. The minimum absolute atomic E-state index is 0.0291. The average Bonchev–Trinajstić information content (AvgIpc) is 2.97. The molecule has 124 valence electrons. The van der Waals surface area contributed by atoms with Gasteiger partial charge in [-0.1, -0.05) is 20.8 Å². The number of aryl methyl sites for hydroxylation is 1. The van der Waals surface area contributed by atoms with Crippen LogP contribution in [0, 0.1) is 10.8 Å². The number of rotatable bonds is 1. The molecule has 3 aliphatic rings. The van der Waals surface area contributed by atoms with E-state index in [-0.39, 0.29) is 22.5 Å². The third-order valence-corrected chi connectivity index (χ3v) is 5.80. The molecule has 2 unspecified atom stereocenters. The van der Waals surface area contributed by atoms with Crippen LogP contribution in [-0.4, -0.2) is 29.2 Å². The highest BCUT2D eigenvalue weighted by molar-refractivity contribution is 6.01. The average molecular weight is 315 g/mol. The summed E-state index contributed by atoms with van der Waals surface area (Å²) in [5.74, 6) is 1.15. The standard InChI is InChI=1S/C19H25NO3/c1-18(2)8-12-9-19(3,10-18)11-20(12)17(22)16-7-13-14(21)5-4-6-15(13)23-16/h7,12H,4-6,8-11H2,1-3H3. The molecule has 1 amide bonds. The van der Waals surface area contributed by atoms with Crippen LogP contribution in [0.25, 0.3) is 0 Å². The van der Waals surface area contributed by atoms with Crippen LogP contribution < -0.4 is 0 Å². The molecule has 2 bridgehead atoms. The number of fused-ring (bicyclic) bond motifs is 3. The Labute approximate surface area is 137 Å². The first-order valence-electron chi connectivity index (χ1n) is 8.73. The van der Waals surface area contributed by atoms with E-state index in [0.717, 1.165) is 38.6 Å². The lowest BCUT2D eigenvalue weighted by atomic mass is 9.65. The molecular weight excluding hydrogens is 290 g/mol. The topological polar surface area (TPSA) is 50.5 Å². The predicted molar refractivity (Wildman–Crippen MR) is 86.5 cm³/mol. The smallest absolute Gasteiger partial charge is 0.289 e. The molecule has 2 fully saturated rings.